The van der Waals surface area contributed by atoms with Gasteiger partial charge in [0.05, 0.1) is 5.69 Å². The number of hydrogen-bond acceptors (Lipinski definition) is 5. The van der Waals surface area contributed by atoms with E-state index < -0.39 is 0 Å². The summed E-state index contributed by atoms with van der Waals surface area (Å²) in [5.41, 5.74) is 14.1. The summed E-state index contributed by atoms with van der Waals surface area (Å²) in [6, 6.07) is 69.2. The molecule has 57 heavy (non-hydrogen) atoms. The summed E-state index contributed by atoms with van der Waals surface area (Å²) < 4.78 is 13.1. The van der Waals surface area contributed by atoms with Gasteiger partial charge < -0.3 is 13.7 Å². The predicted molar refractivity (Wildman–Crippen MR) is 233 cm³/mol. The molecule has 0 spiro atoms. The number of aromatic nitrogens is 2. The van der Waals surface area contributed by atoms with E-state index in [1.54, 1.807) is 0 Å². The fraction of sp³-hybridized carbons (Fsp3) is 0. The number of anilines is 3. The van der Waals surface area contributed by atoms with Crippen molar-refractivity contribution in [1.82, 2.24) is 9.97 Å². The van der Waals surface area contributed by atoms with Crippen molar-refractivity contribution >= 4 is 61.1 Å². The van der Waals surface area contributed by atoms with Gasteiger partial charge in [0.1, 0.15) is 28.0 Å². The van der Waals surface area contributed by atoms with Crippen molar-refractivity contribution in [3.05, 3.63) is 200 Å². The molecule has 0 aliphatic heterocycles. The Kier molecular flexibility index (Phi) is 7.74. The summed E-state index contributed by atoms with van der Waals surface area (Å²) in [6.45, 7) is 0. The maximum absolute atomic E-state index is 6.73. The number of nitrogens with zero attached hydrogens (tertiary/aromatic N) is 3. The molecule has 0 N–H and O–H groups in total. The summed E-state index contributed by atoms with van der Waals surface area (Å²) >= 11 is 0. The first-order valence-electron chi connectivity index (χ1n) is 19.1. The molecule has 11 rings (SSSR count). The highest BCUT2D eigenvalue weighted by Gasteiger charge is 2.23. The number of rotatable bonds is 7. The van der Waals surface area contributed by atoms with Crippen LogP contribution in [0.25, 0.3) is 88.9 Å². The highest BCUT2D eigenvalue weighted by molar-refractivity contribution is 6.14. The molecule has 0 saturated carbocycles. The zero-order valence-corrected chi connectivity index (χ0v) is 30.7. The first kappa shape index (κ1) is 32.7. The molecule has 0 unspecified atom stereocenters. The lowest BCUT2D eigenvalue weighted by molar-refractivity contribution is 0.667. The lowest BCUT2D eigenvalue weighted by Crippen LogP contribution is -2.11. The Balaban J connectivity index is 1.09. The van der Waals surface area contributed by atoms with Crippen LogP contribution in [0.2, 0.25) is 0 Å². The van der Waals surface area contributed by atoms with Crippen molar-refractivity contribution in [3.8, 4) is 44.9 Å². The molecule has 0 saturated heterocycles. The molecule has 5 heteroatoms. The fourth-order valence-electron chi connectivity index (χ4n) is 8.03. The van der Waals surface area contributed by atoms with E-state index in [2.05, 4.69) is 150 Å². The second kappa shape index (κ2) is 13.5. The third-order valence-corrected chi connectivity index (χ3v) is 10.7. The topological polar surface area (TPSA) is 55.3 Å². The summed E-state index contributed by atoms with van der Waals surface area (Å²) in [6.07, 6.45) is 0. The van der Waals surface area contributed by atoms with Crippen molar-refractivity contribution in [1.29, 1.82) is 0 Å². The van der Waals surface area contributed by atoms with Gasteiger partial charge in [0.25, 0.3) is 0 Å². The number of fused-ring (bicyclic) bond motifs is 6. The minimum Gasteiger partial charge on any atom is -0.456 e. The number of benzene rings is 8. The summed E-state index contributed by atoms with van der Waals surface area (Å²) in [5, 5.41) is 2.91. The summed E-state index contributed by atoms with van der Waals surface area (Å²) in [4.78, 5) is 12.7. The Bertz CT molecular complexity index is 3230. The van der Waals surface area contributed by atoms with E-state index in [4.69, 9.17) is 18.8 Å². The van der Waals surface area contributed by atoms with E-state index in [9.17, 15) is 0 Å². The van der Waals surface area contributed by atoms with E-state index in [0.717, 1.165) is 89.0 Å². The fourth-order valence-corrected chi connectivity index (χ4v) is 8.03. The van der Waals surface area contributed by atoms with Crippen molar-refractivity contribution in [3.63, 3.8) is 0 Å². The molecule has 3 aromatic heterocycles. The van der Waals surface area contributed by atoms with Crippen LogP contribution in [0.4, 0.5) is 17.1 Å². The zero-order chi connectivity index (χ0) is 37.7. The standard InChI is InChI=1S/C52H33N3O2/c1-4-15-34(16-5-1)35-27-29-38(30-28-35)55(44-24-12-10-21-40(44)36-17-6-2-7-18-36)39-31-32-41-47(33-39)56-46-26-14-23-43(48(41)46)52-53-49(37-19-8-3-9-20-37)51-50(54-52)42-22-11-13-25-45(42)57-51/h1-33H. The van der Waals surface area contributed by atoms with Gasteiger partial charge in [0.2, 0.25) is 0 Å². The molecule has 5 nitrogen and oxygen atoms in total. The second-order valence-electron chi connectivity index (χ2n) is 14.1. The highest BCUT2D eigenvalue weighted by atomic mass is 16.3. The third kappa shape index (κ3) is 5.64. The molecule has 8 aromatic carbocycles. The minimum absolute atomic E-state index is 0.613. The van der Waals surface area contributed by atoms with Crippen LogP contribution in [0.5, 0.6) is 0 Å². The van der Waals surface area contributed by atoms with Crippen molar-refractivity contribution in [2.45, 2.75) is 0 Å². The molecular weight excluding hydrogens is 699 g/mol. The maximum atomic E-state index is 6.73. The Morgan fingerprint density at radius 1 is 0.386 bits per heavy atom. The van der Waals surface area contributed by atoms with Crippen LogP contribution in [0.3, 0.4) is 0 Å². The molecule has 0 radical (unpaired) electrons. The van der Waals surface area contributed by atoms with Crippen LogP contribution in [-0.2, 0) is 0 Å². The average molecular weight is 732 g/mol. The molecule has 11 aromatic rings. The highest BCUT2D eigenvalue weighted by Crippen LogP contribution is 2.45. The molecule has 0 atom stereocenters. The van der Waals surface area contributed by atoms with Gasteiger partial charge in [0.15, 0.2) is 11.4 Å². The molecule has 0 aliphatic carbocycles. The second-order valence-corrected chi connectivity index (χ2v) is 14.1. The van der Waals surface area contributed by atoms with E-state index in [1.165, 1.54) is 5.56 Å². The monoisotopic (exact) mass is 731 g/mol. The SMILES string of the molecule is c1ccc(-c2ccc(N(c3ccc4c(c3)oc3cccc(-c5nc(-c6ccccc6)c6oc7ccccc7c6n5)c34)c3ccccc3-c3ccccc3)cc2)cc1. The van der Waals surface area contributed by atoms with Crippen LogP contribution in [0.15, 0.2) is 209 Å². The van der Waals surface area contributed by atoms with Crippen molar-refractivity contribution in [2.24, 2.45) is 0 Å². The summed E-state index contributed by atoms with van der Waals surface area (Å²) in [7, 11) is 0. The Morgan fingerprint density at radius 2 is 1.00 bits per heavy atom. The largest absolute Gasteiger partial charge is 0.456 e. The number of furan rings is 2. The lowest BCUT2D eigenvalue weighted by atomic mass is 10.0. The smallest absolute Gasteiger partial charge is 0.180 e. The van der Waals surface area contributed by atoms with Gasteiger partial charge in [-0.3, -0.25) is 0 Å². The molecule has 0 aliphatic rings. The summed E-state index contributed by atoms with van der Waals surface area (Å²) in [5.74, 6) is 0.613. The van der Waals surface area contributed by atoms with Crippen LogP contribution in [0.1, 0.15) is 0 Å². The van der Waals surface area contributed by atoms with E-state index in [0.29, 0.717) is 11.4 Å². The Labute approximate surface area is 328 Å². The molecule has 3 heterocycles. The predicted octanol–water partition coefficient (Wildman–Crippen LogP) is 14.4. The van der Waals surface area contributed by atoms with Gasteiger partial charge in [-0.1, -0.05) is 146 Å². The van der Waals surface area contributed by atoms with Crippen molar-refractivity contribution in [2.75, 3.05) is 4.90 Å². The lowest BCUT2D eigenvalue weighted by Gasteiger charge is -2.28. The quantitative estimate of drug-likeness (QED) is 0.163. The van der Waals surface area contributed by atoms with Gasteiger partial charge >= 0.3 is 0 Å². The van der Waals surface area contributed by atoms with Gasteiger partial charge in [-0.05, 0) is 65.2 Å². The Hall–Kier alpha value is -7.76. The molecular formula is C52H33N3O2. The van der Waals surface area contributed by atoms with Crippen LogP contribution >= 0.6 is 0 Å². The van der Waals surface area contributed by atoms with Crippen LogP contribution in [-0.4, -0.2) is 9.97 Å². The van der Waals surface area contributed by atoms with E-state index in [-0.39, 0.29) is 0 Å². The van der Waals surface area contributed by atoms with Crippen LogP contribution in [0, 0.1) is 0 Å². The molecule has 0 bridgehead atoms. The third-order valence-electron chi connectivity index (χ3n) is 10.7. The first-order chi connectivity index (χ1) is 28.3. The average Bonchev–Trinajstić information content (AvgIpc) is 3.86. The number of para-hydroxylation sites is 2. The minimum atomic E-state index is 0.613. The van der Waals surface area contributed by atoms with E-state index in [1.807, 2.05) is 54.6 Å². The molecule has 268 valence electrons. The van der Waals surface area contributed by atoms with Gasteiger partial charge in [0, 0.05) is 50.3 Å². The van der Waals surface area contributed by atoms with Gasteiger partial charge in [-0.15, -0.1) is 0 Å². The van der Waals surface area contributed by atoms with Crippen molar-refractivity contribution < 1.29 is 8.83 Å². The molecule has 0 amide bonds. The number of hydrogen-bond donors (Lipinski definition) is 0. The zero-order valence-electron chi connectivity index (χ0n) is 30.7. The van der Waals surface area contributed by atoms with E-state index >= 15 is 0 Å². The van der Waals surface area contributed by atoms with Crippen LogP contribution < -0.4 is 4.90 Å². The van der Waals surface area contributed by atoms with Gasteiger partial charge in [-0.25, -0.2) is 9.97 Å². The Morgan fingerprint density at radius 3 is 1.79 bits per heavy atom. The normalized spacial score (nSPS) is 11.5. The molecule has 0 fully saturated rings. The van der Waals surface area contributed by atoms with Gasteiger partial charge in [-0.2, -0.15) is 0 Å². The first-order valence-corrected chi connectivity index (χ1v) is 19.1. The maximum Gasteiger partial charge on any atom is 0.180 e.